The highest BCUT2D eigenvalue weighted by molar-refractivity contribution is 7.98. The van der Waals surface area contributed by atoms with Gasteiger partial charge in [0.05, 0.1) is 23.1 Å². The third kappa shape index (κ3) is 3.62. The Kier molecular flexibility index (Phi) is 4.45. The van der Waals surface area contributed by atoms with Gasteiger partial charge in [-0.15, -0.1) is 11.8 Å². The van der Waals surface area contributed by atoms with Crippen molar-refractivity contribution in [3.63, 3.8) is 0 Å². The normalized spacial score (nSPS) is 11.0. The number of anilines is 1. The lowest BCUT2D eigenvalue weighted by atomic mass is 10.3. The summed E-state index contributed by atoms with van der Waals surface area (Å²) in [6.45, 7) is 1.50. The van der Waals surface area contributed by atoms with Gasteiger partial charge in [-0.1, -0.05) is 0 Å². The molecule has 2 aromatic carbocycles. The van der Waals surface area contributed by atoms with Crippen molar-refractivity contribution in [2.24, 2.45) is 0 Å². The van der Waals surface area contributed by atoms with Crippen molar-refractivity contribution in [3.05, 3.63) is 67.0 Å². The van der Waals surface area contributed by atoms with Crippen LogP contribution >= 0.6 is 11.8 Å². The number of nitrogens with zero attached hydrogens (tertiary/aromatic N) is 3. The van der Waals surface area contributed by atoms with Gasteiger partial charge in [0.2, 0.25) is 5.91 Å². The molecular weight excluding hydrogens is 346 g/mol. The summed E-state index contributed by atoms with van der Waals surface area (Å²) in [6.07, 6.45) is 5.44. The standard InChI is InChI=1S/C19H17N5OS/c1-13(25)21-14-2-5-16(6-3-14)26-11-19-22-17-7-4-15(10-18(17)23-19)24-9-8-20-12-24/h2-10,12H,11H2,1H3,(H,21,25)(H,22,23). The Morgan fingerprint density at radius 2 is 2.08 bits per heavy atom. The van der Waals surface area contributed by atoms with Gasteiger partial charge in [-0.05, 0) is 42.5 Å². The van der Waals surface area contributed by atoms with Crippen molar-refractivity contribution in [3.8, 4) is 5.69 Å². The lowest BCUT2D eigenvalue weighted by Gasteiger charge is -2.03. The maximum Gasteiger partial charge on any atom is 0.221 e. The van der Waals surface area contributed by atoms with E-state index in [1.807, 2.05) is 53.2 Å². The molecule has 2 N–H and O–H groups in total. The van der Waals surface area contributed by atoms with Gasteiger partial charge in [-0.3, -0.25) is 4.79 Å². The molecule has 0 saturated carbocycles. The molecule has 0 fully saturated rings. The summed E-state index contributed by atoms with van der Waals surface area (Å²) in [7, 11) is 0. The summed E-state index contributed by atoms with van der Waals surface area (Å²) in [5, 5.41) is 2.77. The molecule has 0 spiro atoms. The molecule has 2 heterocycles. The number of fused-ring (bicyclic) bond motifs is 1. The highest BCUT2D eigenvalue weighted by Crippen LogP contribution is 2.25. The Labute approximate surface area is 154 Å². The van der Waals surface area contributed by atoms with Crippen molar-refractivity contribution in [1.29, 1.82) is 0 Å². The largest absolute Gasteiger partial charge is 0.341 e. The predicted octanol–water partition coefficient (Wildman–Crippen LogP) is 4.00. The van der Waals surface area contributed by atoms with E-state index in [4.69, 9.17) is 0 Å². The number of nitrogens with one attached hydrogen (secondary N) is 2. The van der Waals surface area contributed by atoms with Crippen molar-refractivity contribution < 1.29 is 4.79 Å². The first kappa shape index (κ1) is 16.4. The van der Waals surface area contributed by atoms with E-state index >= 15 is 0 Å². The van der Waals surface area contributed by atoms with Gasteiger partial charge in [-0.2, -0.15) is 0 Å². The molecule has 0 aliphatic carbocycles. The second-order valence-corrected chi connectivity index (χ2v) is 6.90. The molecule has 4 aromatic rings. The predicted molar refractivity (Wildman–Crippen MR) is 104 cm³/mol. The van der Waals surface area contributed by atoms with Crippen molar-refractivity contribution in [1.82, 2.24) is 19.5 Å². The zero-order valence-electron chi connectivity index (χ0n) is 14.1. The van der Waals surface area contributed by atoms with Crippen LogP contribution in [-0.2, 0) is 10.5 Å². The molecule has 0 bridgehead atoms. The minimum absolute atomic E-state index is 0.0669. The Balaban J connectivity index is 1.46. The first-order chi connectivity index (χ1) is 12.7. The van der Waals surface area contributed by atoms with E-state index in [0.29, 0.717) is 0 Å². The number of thioether (sulfide) groups is 1. The van der Waals surface area contributed by atoms with E-state index in [-0.39, 0.29) is 5.91 Å². The van der Waals surface area contributed by atoms with E-state index in [2.05, 4.69) is 20.3 Å². The van der Waals surface area contributed by atoms with Crippen LogP contribution in [0.3, 0.4) is 0 Å². The van der Waals surface area contributed by atoms with Crippen LogP contribution in [0.15, 0.2) is 66.1 Å². The Bertz CT molecular complexity index is 1040. The molecule has 6 nitrogen and oxygen atoms in total. The molecule has 0 saturated heterocycles. The number of rotatable bonds is 5. The van der Waals surface area contributed by atoms with E-state index in [1.54, 1.807) is 24.3 Å². The minimum atomic E-state index is -0.0669. The summed E-state index contributed by atoms with van der Waals surface area (Å²) in [5.74, 6) is 1.61. The molecule has 0 aliphatic heterocycles. The van der Waals surface area contributed by atoms with E-state index in [9.17, 15) is 4.79 Å². The second-order valence-electron chi connectivity index (χ2n) is 5.85. The second kappa shape index (κ2) is 7.05. The van der Waals surface area contributed by atoms with Crippen LogP contribution in [-0.4, -0.2) is 25.4 Å². The molecule has 0 unspecified atom stereocenters. The summed E-state index contributed by atoms with van der Waals surface area (Å²) < 4.78 is 1.96. The number of carbonyl (C=O) groups excluding carboxylic acids is 1. The quantitative estimate of drug-likeness (QED) is 0.526. The number of H-pyrrole nitrogens is 1. The molecule has 26 heavy (non-hydrogen) atoms. The van der Waals surface area contributed by atoms with E-state index in [0.717, 1.165) is 38.9 Å². The number of hydrogen-bond acceptors (Lipinski definition) is 4. The van der Waals surface area contributed by atoms with Gasteiger partial charge in [0.15, 0.2) is 0 Å². The summed E-state index contributed by atoms with van der Waals surface area (Å²) in [4.78, 5) is 24.3. The SMILES string of the molecule is CC(=O)Nc1ccc(SCc2nc3cc(-n4ccnc4)ccc3[nH]2)cc1. The summed E-state index contributed by atoms with van der Waals surface area (Å²) in [5.41, 5.74) is 3.80. The third-order valence-electron chi connectivity index (χ3n) is 3.87. The average Bonchev–Trinajstić information content (AvgIpc) is 3.29. The van der Waals surface area contributed by atoms with Crippen LogP contribution < -0.4 is 5.32 Å². The van der Waals surface area contributed by atoms with Crippen LogP contribution in [0.4, 0.5) is 5.69 Å². The first-order valence-electron chi connectivity index (χ1n) is 8.15. The molecule has 4 rings (SSSR count). The topological polar surface area (TPSA) is 75.6 Å². The van der Waals surface area contributed by atoms with Crippen LogP contribution in [0.5, 0.6) is 0 Å². The Morgan fingerprint density at radius 3 is 2.81 bits per heavy atom. The fourth-order valence-corrected chi connectivity index (χ4v) is 3.45. The third-order valence-corrected chi connectivity index (χ3v) is 4.89. The number of benzene rings is 2. The van der Waals surface area contributed by atoms with Crippen molar-refractivity contribution in [2.45, 2.75) is 17.6 Å². The number of aromatic nitrogens is 4. The number of amides is 1. The molecule has 0 atom stereocenters. The van der Waals surface area contributed by atoms with Gasteiger partial charge in [0.1, 0.15) is 5.82 Å². The van der Waals surface area contributed by atoms with Gasteiger partial charge in [0, 0.05) is 35.6 Å². The molecule has 0 radical (unpaired) electrons. The van der Waals surface area contributed by atoms with Gasteiger partial charge < -0.3 is 14.9 Å². The smallest absolute Gasteiger partial charge is 0.221 e. The maximum atomic E-state index is 11.1. The molecule has 7 heteroatoms. The minimum Gasteiger partial charge on any atom is -0.341 e. The monoisotopic (exact) mass is 363 g/mol. The maximum absolute atomic E-state index is 11.1. The van der Waals surface area contributed by atoms with Crippen molar-refractivity contribution in [2.75, 3.05) is 5.32 Å². The van der Waals surface area contributed by atoms with E-state index < -0.39 is 0 Å². The molecule has 1 amide bonds. The van der Waals surface area contributed by atoms with E-state index in [1.165, 1.54) is 6.92 Å². The molecule has 130 valence electrons. The van der Waals surface area contributed by atoms with Crippen LogP contribution in [0, 0.1) is 0 Å². The Morgan fingerprint density at radius 1 is 1.23 bits per heavy atom. The highest BCUT2D eigenvalue weighted by atomic mass is 32.2. The lowest BCUT2D eigenvalue weighted by Crippen LogP contribution is -2.05. The fourth-order valence-electron chi connectivity index (χ4n) is 2.68. The molecule has 0 aliphatic rings. The molecular formula is C19H17N5OS. The highest BCUT2D eigenvalue weighted by Gasteiger charge is 2.06. The fraction of sp³-hybridized carbons (Fsp3) is 0.105. The van der Waals surface area contributed by atoms with Gasteiger partial charge >= 0.3 is 0 Å². The van der Waals surface area contributed by atoms with Crippen LogP contribution in [0.25, 0.3) is 16.7 Å². The number of aromatic amines is 1. The van der Waals surface area contributed by atoms with Crippen LogP contribution in [0.1, 0.15) is 12.7 Å². The van der Waals surface area contributed by atoms with Crippen molar-refractivity contribution >= 4 is 34.4 Å². The summed E-state index contributed by atoms with van der Waals surface area (Å²) in [6, 6.07) is 13.9. The number of hydrogen-bond donors (Lipinski definition) is 2. The zero-order chi connectivity index (χ0) is 17.9. The summed E-state index contributed by atoms with van der Waals surface area (Å²) >= 11 is 1.70. The number of imidazole rings is 2. The zero-order valence-corrected chi connectivity index (χ0v) is 15.0. The first-order valence-corrected chi connectivity index (χ1v) is 9.13. The van der Waals surface area contributed by atoms with Crippen LogP contribution in [0.2, 0.25) is 0 Å². The average molecular weight is 363 g/mol. The number of carbonyl (C=O) groups is 1. The van der Waals surface area contributed by atoms with Gasteiger partial charge in [-0.25, -0.2) is 9.97 Å². The van der Waals surface area contributed by atoms with Gasteiger partial charge in [0.25, 0.3) is 0 Å². The Hall–Kier alpha value is -3.06. The lowest BCUT2D eigenvalue weighted by molar-refractivity contribution is -0.114. The molecule has 2 aromatic heterocycles.